The molecule has 1 aromatic heterocycles. The van der Waals surface area contributed by atoms with Crippen molar-refractivity contribution in [2.45, 2.75) is 58.2 Å². The van der Waals surface area contributed by atoms with Gasteiger partial charge in [-0.3, -0.25) is 4.68 Å². The van der Waals surface area contributed by atoms with E-state index in [0.717, 1.165) is 25.8 Å². The van der Waals surface area contributed by atoms with Crippen LogP contribution in [0.4, 0.5) is 4.79 Å². The van der Waals surface area contributed by atoms with Crippen molar-refractivity contribution >= 4 is 6.09 Å². The number of alkyl carbamates (subject to hydrolysis) is 1. The largest absolute Gasteiger partial charge is 0.444 e. The molecule has 2 rings (SSSR count). The molecule has 1 amide bonds. The Kier molecular flexibility index (Phi) is 4.07. The van der Waals surface area contributed by atoms with Gasteiger partial charge in [0.1, 0.15) is 18.3 Å². The lowest BCUT2D eigenvalue weighted by molar-refractivity contribution is 0.0504. The fraction of sp³-hybridized carbons (Fsp3) is 0.769. The van der Waals surface area contributed by atoms with E-state index in [1.807, 2.05) is 25.5 Å². The molecule has 1 aromatic rings. The number of aromatic nitrogens is 3. The van der Waals surface area contributed by atoms with E-state index in [9.17, 15) is 4.79 Å². The summed E-state index contributed by atoms with van der Waals surface area (Å²) in [5.41, 5.74) is -0.442. The van der Waals surface area contributed by atoms with Gasteiger partial charge in [0.05, 0.1) is 0 Å². The summed E-state index contributed by atoms with van der Waals surface area (Å²) < 4.78 is 7.11. The fourth-order valence-electron chi connectivity index (χ4n) is 2.44. The molecule has 1 aliphatic carbocycles. The van der Waals surface area contributed by atoms with E-state index < -0.39 is 5.60 Å². The van der Waals surface area contributed by atoms with Crippen LogP contribution < -0.4 is 5.32 Å². The summed E-state index contributed by atoms with van der Waals surface area (Å²) in [4.78, 5) is 15.6. The molecular formula is C13H22N4O2. The van der Waals surface area contributed by atoms with Crippen molar-refractivity contribution in [2.24, 2.45) is 5.92 Å². The highest BCUT2D eigenvalue weighted by molar-refractivity contribution is 5.68. The maximum atomic E-state index is 11.7. The van der Waals surface area contributed by atoms with Gasteiger partial charge < -0.3 is 10.1 Å². The van der Waals surface area contributed by atoms with Crippen molar-refractivity contribution in [3.8, 4) is 0 Å². The van der Waals surface area contributed by atoms with Crippen molar-refractivity contribution in [3.63, 3.8) is 0 Å². The first-order valence-electron chi connectivity index (χ1n) is 6.74. The third-order valence-corrected chi connectivity index (χ3v) is 3.17. The van der Waals surface area contributed by atoms with Crippen LogP contribution in [0.15, 0.2) is 12.7 Å². The lowest BCUT2D eigenvalue weighted by Gasteiger charge is -2.21. The number of carbonyl (C=O) groups excluding carboxylic acids is 1. The Bertz CT molecular complexity index is 411. The van der Waals surface area contributed by atoms with Crippen LogP contribution in [0.3, 0.4) is 0 Å². The molecular weight excluding hydrogens is 244 g/mol. The molecule has 0 radical (unpaired) electrons. The number of amides is 1. The highest BCUT2D eigenvalue weighted by Gasteiger charge is 2.27. The van der Waals surface area contributed by atoms with Gasteiger partial charge >= 0.3 is 6.09 Å². The minimum Gasteiger partial charge on any atom is -0.444 e. The van der Waals surface area contributed by atoms with E-state index in [-0.39, 0.29) is 12.1 Å². The number of carbonyl (C=O) groups is 1. The van der Waals surface area contributed by atoms with Gasteiger partial charge in [-0.25, -0.2) is 9.78 Å². The zero-order valence-corrected chi connectivity index (χ0v) is 11.8. The fourth-order valence-corrected chi connectivity index (χ4v) is 2.44. The number of nitrogens with one attached hydrogen (secondary N) is 1. The molecule has 0 bridgehead atoms. The van der Waals surface area contributed by atoms with Crippen LogP contribution in [-0.2, 0) is 11.3 Å². The van der Waals surface area contributed by atoms with E-state index in [2.05, 4.69) is 15.4 Å². The SMILES string of the molecule is CC(C)(C)OC(=O)N[C@H]1CC[C@@H](Cn2cncn2)C1. The predicted octanol–water partition coefficient (Wildman–Crippen LogP) is 1.97. The van der Waals surface area contributed by atoms with E-state index in [0.29, 0.717) is 5.92 Å². The Morgan fingerprint density at radius 2 is 2.26 bits per heavy atom. The topological polar surface area (TPSA) is 69.0 Å². The smallest absolute Gasteiger partial charge is 0.407 e. The number of nitrogens with zero attached hydrogens (tertiary/aromatic N) is 3. The van der Waals surface area contributed by atoms with Gasteiger partial charge in [0.15, 0.2) is 0 Å². The van der Waals surface area contributed by atoms with Crippen LogP contribution >= 0.6 is 0 Å². The Morgan fingerprint density at radius 1 is 1.47 bits per heavy atom. The highest BCUT2D eigenvalue weighted by atomic mass is 16.6. The third kappa shape index (κ3) is 4.54. The molecule has 1 heterocycles. The maximum Gasteiger partial charge on any atom is 0.407 e. The standard InChI is InChI=1S/C13H22N4O2/c1-13(2,3)19-12(18)16-11-5-4-10(6-11)7-17-9-14-8-15-17/h8-11H,4-7H2,1-3H3,(H,16,18)/t10-,11+/m1/s1. The first-order valence-corrected chi connectivity index (χ1v) is 6.74. The summed E-state index contributed by atoms with van der Waals surface area (Å²) in [6.07, 6.45) is 6.02. The lowest BCUT2D eigenvalue weighted by atomic mass is 10.1. The van der Waals surface area contributed by atoms with Gasteiger partial charge in [0.2, 0.25) is 0 Å². The van der Waals surface area contributed by atoms with Gasteiger partial charge in [0.25, 0.3) is 0 Å². The summed E-state index contributed by atoms with van der Waals surface area (Å²) in [6.45, 7) is 6.48. The second kappa shape index (κ2) is 5.59. The van der Waals surface area contributed by atoms with Crippen LogP contribution in [0.2, 0.25) is 0 Å². The van der Waals surface area contributed by atoms with Crippen LogP contribution in [0, 0.1) is 5.92 Å². The number of hydrogen-bond donors (Lipinski definition) is 1. The number of hydrogen-bond acceptors (Lipinski definition) is 4. The first-order chi connectivity index (χ1) is 8.92. The molecule has 0 unspecified atom stereocenters. The normalized spacial score (nSPS) is 23.3. The number of rotatable bonds is 3. The van der Waals surface area contributed by atoms with Crippen LogP contribution in [0.25, 0.3) is 0 Å². The lowest BCUT2D eigenvalue weighted by Crippen LogP contribution is -2.38. The van der Waals surface area contributed by atoms with Crippen molar-refractivity contribution in [3.05, 3.63) is 12.7 Å². The van der Waals surface area contributed by atoms with Gasteiger partial charge in [-0.2, -0.15) is 5.10 Å². The Labute approximate surface area is 113 Å². The Balaban J connectivity index is 1.74. The van der Waals surface area contributed by atoms with Crippen LogP contribution in [-0.4, -0.2) is 32.5 Å². The molecule has 1 fully saturated rings. The molecule has 6 heteroatoms. The molecule has 19 heavy (non-hydrogen) atoms. The molecule has 6 nitrogen and oxygen atoms in total. The van der Waals surface area contributed by atoms with Crippen molar-refractivity contribution in [1.29, 1.82) is 0 Å². The van der Waals surface area contributed by atoms with E-state index >= 15 is 0 Å². The Hall–Kier alpha value is -1.59. The van der Waals surface area contributed by atoms with Crippen LogP contribution in [0.5, 0.6) is 0 Å². The Morgan fingerprint density at radius 3 is 2.89 bits per heavy atom. The van der Waals surface area contributed by atoms with Gasteiger partial charge in [-0.1, -0.05) is 0 Å². The zero-order valence-electron chi connectivity index (χ0n) is 11.8. The van der Waals surface area contributed by atoms with Gasteiger partial charge in [-0.15, -0.1) is 0 Å². The quantitative estimate of drug-likeness (QED) is 0.908. The summed E-state index contributed by atoms with van der Waals surface area (Å²) in [7, 11) is 0. The van der Waals surface area contributed by atoms with Gasteiger partial charge in [-0.05, 0) is 46.0 Å². The average molecular weight is 266 g/mol. The second-order valence-corrected chi connectivity index (χ2v) is 6.14. The summed E-state index contributed by atoms with van der Waals surface area (Å²) in [5, 5.41) is 7.05. The minimum absolute atomic E-state index is 0.211. The zero-order chi connectivity index (χ0) is 13.9. The van der Waals surface area contributed by atoms with Crippen molar-refractivity contribution < 1.29 is 9.53 Å². The summed E-state index contributed by atoms with van der Waals surface area (Å²) in [6, 6.07) is 0.211. The summed E-state index contributed by atoms with van der Waals surface area (Å²) >= 11 is 0. The first kappa shape index (κ1) is 13.8. The molecule has 106 valence electrons. The predicted molar refractivity (Wildman–Crippen MR) is 70.5 cm³/mol. The van der Waals surface area contributed by atoms with Gasteiger partial charge in [0, 0.05) is 12.6 Å². The monoisotopic (exact) mass is 266 g/mol. The average Bonchev–Trinajstić information content (AvgIpc) is 2.88. The van der Waals surface area contributed by atoms with E-state index in [1.54, 1.807) is 12.7 Å². The molecule has 1 saturated carbocycles. The molecule has 2 atom stereocenters. The van der Waals surface area contributed by atoms with E-state index in [4.69, 9.17) is 4.74 Å². The highest BCUT2D eigenvalue weighted by Crippen LogP contribution is 2.27. The molecule has 0 saturated heterocycles. The molecule has 1 aliphatic rings. The maximum absolute atomic E-state index is 11.7. The second-order valence-electron chi connectivity index (χ2n) is 6.14. The molecule has 1 N–H and O–H groups in total. The van der Waals surface area contributed by atoms with E-state index in [1.165, 1.54) is 0 Å². The van der Waals surface area contributed by atoms with Crippen molar-refractivity contribution in [2.75, 3.05) is 0 Å². The molecule has 0 aromatic carbocycles. The minimum atomic E-state index is -0.442. The number of ether oxygens (including phenoxy) is 1. The third-order valence-electron chi connectivity index (χ3n) is 3.17. The summed E-state index contributed by atoms with van der Waals surface area (Å²) in [5.74, 6) is 0.543. The molecule has 0 aliphatic heterocycles. The molecule has 0 spiro atoms. The van der Waals surface area contributed by atoms with Crippen LogP contribution in [0.1, 0.15) is 40.0 Å². The van der Waals surface area contributed by atoms with Crippen molar-refractivity contribution in [1.82, 2.24) is 20.1 Å².